The van der Waals surface area contributed by atoms with Crippen LogP contribution in [0.25, 0.3) is 0 Å². The van der Waals surface area contributed by atoms with Crippen LogP contribution in [0.3, 0.4) is 0 Å². The number of hydrogen-bond donors (Lipinski definition) is 2. The molecule has 1 amide bonds. The minimum atomic E-state index is -0.323. The number of carbonyl (C=O) groups is 1. The highest BCUT2D eigenvalue weighted by Crippen LogP contribution is 2.68. The Labute approximate surface area is 228 Å². The van der Waals surface area contributed by atoms with E-state index >= 15 is 0 Å². The lowest BCUT2D eigenvalue weighted by Crippen LogP contribution is -2.58. The van der Waals surface area contributed by atoms with Crippen molar-refractivity contribution < 1.29 is 19.4 Å². The highest BCUT2D eigenvalue weighted by Gasteiger charge is 2.62. The first kappa shape index (κ1) is 26.7. The molecule has 5 heteroatoms. The maximum absolute atomic E-state index is 13.8. The second-order valence-corrected chi connectivity index (χ2v) is 14.9. The number of nitrogens with zero attached hydrogens (tertiary/aromatic N) is 1. The van der Waals surface area contributed by atoms with Crippen LogP contribution in [0.4, 0.5) is 10.1 Å². The summed E-state index contributed by atoms with van der Waals surface area (Å²) in [5, 5.41) is 21.8. The van der Waals surface area contributed by atoms with Gasteiger partial charge in [0.25, 0.3) is 0 Å². The van der Waals surface area contributed by atoms with Crippen LogP contribution in [0.1, 0.15) is 104 Å². The average Bonchev–Trinajstić information content (AvgIpc) is 3.31. The minimum absolute atomic E-state index is 0.157. The molecule has 4 fully saturated rings. The van der Waals surface area contributed by atoms with E-state index in [1.807, 2.05) is 4.90 Å². The lowest BCUT2D eigenvalue weighted by molar-refractivity contribution is -0.172. The summed E-state index contributed by atoms with van der Waals surface area (Å²) in [6.45, 7) is 9.13. The number of amides is 1. The molecule has 1 aliphatic heterocycles. The molecule has 2 N–H and O–H groups in total. The first-order valence-electron chi connectivity index (χ1n) is 15.4. The third kappa shape index (κ3) is 4.08. The predicted octanol–water partition coefficient (Wildman–Crippen LogP) is 6.65. The van der Waals surface area contributed by atoms with Crippen LogP contribution in [0, 0.1) is 46.2 Å². The molecule has 4 nitrogen and oxygen atoms in total. The SMILES string of the molecule is CC12CCC3C(C(O)CC4C[C@H](O)CCC43C)C1CCC2CCCC(=O)N1c2ccc(F)cc2CC1(C)C. The van der Waals surface area contributed by atoms with E-state index in [1.54, 1.807) is 12.1 Å². The molecule has 0 radical (unpaired) electrons. The Hall–Kier alpha value is -1.46. The molecule has 9 atom stereocenters. The molecular formula is C33H48FNO3. The number of benzene rings is 1. The van der Waals surface area contributed by atoms with Crippen molar-refractivity contribution in [3.8, 4) is 0 Å². The van der Waals surface area contributed by atoms with Gasteiger partial charge >= 0.3 is 0 Å². The molecule has 0 bridgehead atoms. The van der Waals surface area contributed by atoms with Crippen molar-refractivity contribution in [3.05, 3.63) is 29.6 Å². The smallest absolute Gasteiger partial charge is 0.227 e. The Balaban J connectivity index is 1.12. The number of aliphatic hydroxyl groups is 2. The highest BCUT2D eigenvalue weighted by atomic mass is 19.1. The molecule has 210 valence electrons. The summed E-state index contributed by atoms with van der Waals surface area (Å²) < 4.78 is 13.8. The zero-order valence-electron chi connectivity index (χ0n) is 23.9. The second kappa shape index (κ2) is 9.29. The van der Waals surface area contributed by atoms with Gasteiger partial charge in [-0.05, 0) is 149 Å². The Kier molecular flexibility index (Phi) is 6.54. The Morgan fingerprint density at radius 2 is 1.74 bits per heavy atom. The highest BCUT2D eigenvalue weighted by molar-refractivity contribution is 5.97. The minimum Gasteiger partial charge on any atom is -0.393 e. The molecule has 4 aliphatic carbocycles. The Morgan fingerprint density at radius 3 is 2.53 bits per heavy atom. The zero-order chi connectivity index (χ0) is 27.0. The summed E-state index contributed by atoms with van der Waals surface area (Å²) in [4.78, 5) is 15.4. The average molecular weight is 526 g/mol. The fourth-order valence-electron chi connectivity index (χ4n) is 10.7. The van der Waals surface area contributed by atoms with Crippen molar-refractivity contribution in [1.29, 1.82) is 0 Å². The molecular weight excluding hydrogens is 477 g/mol. The lowest BCUT2D eigenvalue weighted by Gasteiger charge is -2.62. The molecule has 0 aromatic heterocycles. The molecule has 38 heavy (non-hydrogen) atoms. The van der Waals surface area contributed by atoms with Gasteiger partial charge in [-0.2, -0.15) is 0 Å². The van der Waals surface area contributed by atoms with E-state index in [1.165, 1.54) is 31.7 Å². The summed E-state index contributed by atoms with van der Waals surface area (Å²) in [6, 6.07) is 4.82. The molecule has 5 aliphatic rings. The zero-order valence-corrected chi connectivity index (χ0v) is 23.9. The first-order valence-corrected chi connectivity index (χ1v) is 15.4. The van der Waals surface area contributed by atoms with Crippen molar-refractivity contribution in [1.82, 2.24) is 0 Å². The second-order valence-electron chi connectivity index (χ2n) is 14.9. The number of aliphatic hydroxyl groups excluding tert-OH is 2. The lowest BCUT2D eigenvalue weighted by atomic mass is 9.44. The van der Waals surface area contributed by atoms with Gasteiger partial charge < -0.3 is 15.1 Å². The summed E-state index contributed by atoms with van der Waals surface area (Å²) in [7, 11) is 0. The van der Waals surface area contributed by atoms with E-state index in [-0.39, 0.29) is 40.3 Å². The van der Waals surface area contributed by atoms with E-state index in [9.17, 15) is 19.4 Å². The van der Waals surface area contributed by atoms with Gasteiger partial charge in [0.15, 0.2) is 0 Å². The van der Waals surface area contributed by atoms with E-state index in [0.717, 1.165) is 49.8 Å². The molecule has 4 saturated carbocycles. The van der Waals surface area contributed by atoms with Crippen LogP contribution in [-0.2, 0) is 11.2 Å². The number of anilines is 1. The maximum Gasteiger partial charge on any atom is 0.227 e. The topological polar surface area (TPSA) is 60.8 Å². The van der Waals surface area contributed by atoms with Crippen molar-refractivity contribution >= 4 is 11.6 Å². The van der Waals surface area contributed by atoms with Crippen LogP contribution in [0.5, 0.6) is 0 Å². The molecule has 1 heterocycles. The third-order valence-corrected chi connectivity index (χ3v) is 12.6. The van der Waals surface area contributed by atoms with Crippen molar-refractivity contribution in [2.75, 3.05) is 4.90 Å². The summed E-state index contributed by atoms with van der Waals surface area (Å²) in [5.41, 5.74) is 1.99. The van der Waals surface area contributed by atoms with Crippen LogP contribution < -0.4 is 4.90 Å². The van der Waals surface area contributed by atoms with Crippen molar-refractivity contribution in [2.45, 2.75) is 122 Å². The van der Waals surface area contributed by atoms with Crippen LogP contribution >= 0.6 is 0 Å². The van der Waals surface area contributed by atoms with Gasteiger partial charge in [-0.15, -0.1) is 0 Å². The van der Waals surface area contributed by atoms with Crippen molar-refractivity contribution in [3.63, 3.8) is 0 Å². The van der Waals surface area contributed by atoms with E-state index in [2.05, 4.69) is 27.7 Å². The summed E-state index contributed by atoms with van der Waals surface area (Å²) >= 11 is 0. The Morgan fingerprint density at radius 1 is 1.00 bits per heavy atom. The predicted molar refractivity (Wildman–Crippen MR) is 148 cm³/mol. The number of hydrogen-bond acceptors (Lipinski definition) is 3. The summed E-state index contributed by atoms with van der Waals surface area (Å²) in [5.74, 6) is 2.52. The number of carbonyl (C=O) groups excluding carboxylic acids is 1. The van der Waals surface area contributed by atoms with Gasteiger partial charge in [0.1, 0.15) is 5.82 Å². The monoisotopic (exact) mass is 525 g/mol. The summed E-state index contributed by atoms with van der Waals surface area (Å²) in [6.07, 6.45) is 11.3. The normalized spacial score (nSPS) is 43.2. The molecule has 6 rings (SSSR count). The van der Waals surface area contributed by atoms with Gasteiger partial charge in [0.05, 0.1) is 12.2 Å². The van der Waals surface area contributed by atoms with Gasteiger partial charge in [-0.25, -0.2) is 4.39 Å². The van der Waals surface area contributed by atoms with E-state index in [0.29, 0.717) is 42.4 Å². The maximum atomic E-state index is 13.8. The van der Waals surface area contributed by atoms with Crippen LogP contribution in [-0.4, -0.2) is 33.9 Å². The first-order chi connectivity index (χ1) is 17.9. The molecule has 8 unspecified atom stereocenters. The molecule has 0 saturated heterocycles. The van der Waals surface area contributed by atoms with Crippen LogP contribution in [0.15, 0.2) is 18.2 Å². The van der Waals surface area contributed by atoms with Gasteiger partial charge in [0.2, 0.25) is 5.91 Å². The van der Waals surface area contributed by atoms with Crippen LogP contribution in [0.2, 0.25) is 0 Å². The van der Waals surface area contributed by atoms with Crippen molar-refractivity contribution in [2.24, 2.45) is 40.4 Å². The number of fused-ring (bicyclic) bond motifs is 6. The fourth-order valence-corrected chi connectivity index (χ4v) is 10.7. The van der Waals surface area contributed by atoms with Gasteiger partial charge in [-0.3, -0.25) is 4.79 Å². The number of rotatable bonds is 4. The molecule has 1 aromatic carbocycles. The Bertz CT molecular complexity index is 1090. The van der Waals surface area contributed by atoms with E-state index < -0.39 is 0 Å². The molecule has 1 aromatic rings. The molecule has 0 spiro atoms. The van der Waals surface area contributed by atoms with Gasteiger partial charge in [-0.1, -0.05) is 13.8 Å². The van der Waals surface area contributed by atoms with Gasteiger partial charge in [0, 0.05) is 17.6 Å². The third-order valence-electron chi connectivity index (χ3n) is 12.6. The quantitative estimate of drug-likeness (QED) is 0.462. The number of halogens is 1. The van der Waals surface area contributed by atoms with E-state index in [4.69, 9.17) is 0 Å². The fraction of sp³-hybridized carbons (Fsp3) is 0.788. The largest absolute Gasteiger partial charge is 0.393 e. The standard InChI is InChI=1S/C33H48FNO3/c1-31(2)19-20-16-23(34)9-11-27(20)35(31)29(38)7-5-6-21-8-10-25-30-26(13-15-32(21,25)3)33(4)14-12-24(36)17-22(33)18-28(30)37/h9,11,16,21-22,24-26,28,30,36-37H,5-8,10,12-15,17-19H2,1-4H3/t21?,22?,24-,25?,26?,28?,30?,32?,33?/m1/s1.